The zero-order valence-electron chi connectivity index (χ0n) is 16.2. The molecule has 0 radical (unpaired) electrons. The lowest BCUT2D eigenvalue weighted by Gasteiger charge is -2.26. The summed E-state index contributed by atoms with van der Waals surface area (Å²) in [5.74, 6) is 0.376. The second-order valence-corrected chi connectivity index (χ2v) is 8.71. The average molecular weight is 405 g/mol. The Kier molecular flexibility index (Phi) is 6.07. The second-order valence-electron chi connectivity index (χ2n) is 7.72. The summed E-state index contributed by atoms with van der Waals surface area (Å²) in [5, 5.41) is 3.50. The van der Waals surface area contributed by atoms with E-state index in [0.29, 0.717) is 29.7 Å². The van der Waals surface area contributed by atoms with Gasteiger partial charge in [0.25, 0.3) is 5.56 Å². The standard InChI is InChI=1S/C20H24FN3O3S/c1-20(2,3)16-10-17(25)24-11-13(12-28-19(24)23-16)18(26)22-8-9-27-15-6-4-14(21)5-7-15/h4-7,10,13H,8-9,11-12H2,1-3H3,(H,22,26)/t13-/m1/s1. The molecule has 1 aliphatic rings. The van der Waals surface area contributed by atoms with E-state index in [0.717, 1.165) is 5.69 Å². The van der Waals surface area contributed by atoms with Crippen LogP contribution in [-0.4, -0.2) is 34.4 Å². The van der Waals surface area contributed by atoms with E-state index in [1.807, 2.05) is 20.8 Å². The highest BCUT2D eigenvalue weighted by Gasteiger charge is 2.28. The van der Waals surface area contributed by atoms with Crippen LogP contribution in [0, 0.1) is 11.7 Å². The zero-order valence-corrected chi connectivity index (χ0v) is 17.0. The number of carbonyl (C=O) groups is 1. The highest BCUT2D eigenvalue weighted by atomic mass is 32.2. The fourth-order valence-corrected chi connectivity index (χ4v) is 3.86. The minimum Gasteiger partial charge on any atom is -0.492 e. The number of hydrogen-bond donors (Lipinski definition) is 1. The Morgan fingerprint density at radius 1 is 1.36 bits per heavy atom. The molecule has 28 heavy (non-hydrogen) atoms. The van der Waals surface area contributed by atoms with Gasteiger partial charge >= 0.3 is 0 Å². The molecular formula is C20H24FN3O3S. The molecule has 1 amide bonds. The molecule has 3 rings (SSSR count). The number of nitrogens with zero attached hydrogens (tertiary/aromatic N) is 2. The van der Waals surface area contributed by atoms with Crippen LogP contribution < -0.4 is 15.6 Å². The first kappa shape index (κ1) is 20.4. The Labute approximate surface area is 167 Å². The number of carbonyl (C=O) groups excluding carboxylic acids is 1. The number of halogens is 1. The quantitative estimate of drug-likeness (QED) is 0.612. The van der Waals surface area contributed by atoms with Crippen molar-refractivity contribution in [2.75, 3.05) is 18.9 Å². The first-order valence-electron chi connectivity index (χ1n) is 9.15. The highest BCUT2D eigenvalue weighted by Crippen LogP contribution is 2.27. The minimum absolute atomic E-state index is 0.118. The van der Waals surface area contributed by atoms with Gasteiger partial charge in [0.1, 0.15) is 18.2 Å². The van der Waals surface area contributed by atoms with E-state index in [1.54, 1.807) is 10.6 Å². The van der Waals surface area contributed by atoms with E-state index < -0.39 is 0 Å². The van der Waals surface area contributed by atoms with Gasteiger partial charge in [-0.15, -0.1) is 0 Å². The lowest BCUT2D eigenvalue weighted by molar-refractivity contribution is -0.125. The molecule has 2 heterocycles. The summed E-state index contributed by atoms with van der Waals surface area (Å²) < 4.78 is 19.9. The number of amides is 1. The molecule has 1 N–H and O–H groups in total. The summed E-state index contributed by atoms with van der Waals surface area (Å²) in [7, 11) is 0. The molecule has 150 valence electrons. The molecule has 1 aromatic heterocycles. The molecular weight excluding hydrogens is 381 g/mol. The van der Waals surface area contributed by atoms with Crippen LogP contribution >= 0.6 is 11.8 Å². The maximum Gasteiger partial charge on any atom is 0.254 e. The van der Waals surface area contributed by atoms with Gasteiger partial charge in [0.15, 0.2) is 5.16 Å². The largest absolute Gasteiger partial charge is 0.492 e. The van der Waals surface area contributed by atoms with Crippen molar-refractivity contribution in [1.82, 2.24) is 14.9 Å². The maximum atomic E-state index is 12.9. The monoisotopic (exact) mass is 405 g/mol. The predicted octanol–water partition coefficient (Wildman–Crippen LogP) is 2.60. The Balaban J connectivity index is 1.54. The van der Waals surface area contributed by atoms with Crippen molar-refractivity contribution < 1.29 is 13.9 Å². The van der Waals surface area contributed by atoms with Crippen molar-refractivity contribution >= 4 is 17.7 Å². The van der Waals surface area contributed by atoms with Crippen LogP contribution in [0.4, 0.5) is 4.39 Å². The second kappa shape index (κ2) is 8.34. The first-order valence-corrected chi connectivity index (χ1v) is 10.1. The number of thioether (sulfide) groups is 1. The van der Waals surface area contributed by atoms with Gasteiger partial charge in [0.05, 0.1) is 18.2 Å². The molecule has 6 nitrogen and oxygen atoms in total. The lowest BCUT2D eigenvalue weighted by atomic mass is 9.92. The van der Waals surface area contributed by atoms with Gasteiger partial charge in [0, 0.05) is 23.8 Å². The van der Waals surface area contributed by atoms with Crippen LogP contribution in [0.3, 0.4) is 0 Å². The molecule has 8 heteroatoms. The van der Waals surface area contributed by atoms with E-state index in [1.165, 1.54) is 36.0 Å². The number of benzene rings is 1. The molecule has 0 spiro atoms. The van der Waals surface area contributed by atoms with Crippen molar-refractivity contribution in [2.45, 2.75) is 37.9 Å². The molecule has 1 aliphatic heterocycles. The number of aromatic nitrogens is 2. The number of hydrogen-bond acceptors (Lipinski definition) is 5. The number of fused-ring (bicyclic) bond motifs is 1. The SMILES string of the molecule is CC(C)(C)c1cc(=O)n2c(n1)SC[C@H](C(=O)NCCOc1ccc(F)cc1)C2. The predicted molar refractivity (Wildman–Crippen MR) is 106 cm³/mol. The van der Waals surface area contributed by atoms with Crippen LogP contribution in [0.15, 0.2) is 40.3 Å². The molecule has 0 bridgehead atoms. The Morgan fingerprint density at radius 3 is 2.75 bits per heavy atom. The molecule has 1 atom stereocenters. The van der Waals surface area contributed by atoms with E-state index >= 15 is 0 Å². The number of ether oxygens (including phenoxy) is 1. The van der Waals surface area contributed by atoms with Crippen molar-refractivity contribution in [3.8, 4) is 5.75 Å². The van der Waals surface area contributed by atoms with Gasteiger partial charge in [-0.25, -0.2) is 9.37 Å². The van der Waals surface area contributed by atoms with Gasteiger partial charge in [-0.1, -0.05) is 32.5 Å². The normalized spacial score (nSPS) is 16.4. The van der Waals surface area contributed by atoms with Crippen molar-refractivity contribution in [2.24, 2.45) is 5.92 Å². The zero-order chi connectivity index (χ0) is 20.3. The summed E-state index contributed by atoms with van der Waals surface area (Å²) in [4.78, 5) is 29.5. The van der Waals surface area contributed by atoms with Gasteiger partial charge < -0.3 is 10.1 Å². The van der Waals surface area contributed by atoms with Crippen LogP contribution in [0.2, 0.25) is 0 Å². The van der Waals surface area contributed by atoms with E-state index in [4.69, 9.17) is 4.74 Å². The Hall–Kier alpha value is -2.35. The average Bonchev–Trinajstić information content (AvgIpc) is 2.65. The van der Waals surface area contributed by atoms with Crippen LogP contribution in [0.25, 0.3) is 0 Å². The third-order valence-corrected chi connectivity index (χ3v) is 5.55. The fraction of sp³-hybridized carbons (Fsp3) is 0.450. The lowest BCUT2D eigenvalue weighted by Crippen LogP contribution is -2.41. The highest BCUT2D eigenvalue weighted by molar-refractivity contribution is 7.99. The molecule has 2 aromatic rings. The first-order chi connectivity index (χ1) is 13.2. The number of rotatable bonds is 5. The maximum absolute atomic E-state index is 12.9. The topological polar surface area (TPSA) is 73.2 Å². The molecule has 0 saturated carbocycles. The van der Waals surface area contributed by atoms with E-state index in [2.05, 4.69) is 10.3 Å². The fourth-order valence-electron chi connectivity index (χ4n) is 2.77. The van der Waals surface area contributed by atoms with Crippen molar-refractivity contribution in [3.05, 3.63) is 52.2 Å². The summed E-state index contributed by atoms with van der Waals surface area (Å²) >= 11 is 1.43. The molecule has 0 unspecified atom stereocenters. The summed E-state index contributed by atoms with van der Waals surface area (Å²) in [6.07, 6.45) is 0. The van der Waals surface area contributed by atoms with Crippen molar-refractivity contribution in [3.63, 3.8) is 0 Å². The smallest absolute Gasteiger partial charge is 0.254 e. The van der Waals surface area contributed by atoms with Crippen LogP contribution in [0.5, 0.6) is 5.75 Å². The minimum atomic E-state index is -0.324. The van der Waals surface area contributed by atoms with Gasteiger partial charge in [-0.2, -0.15) is 0 Å². The third kappa shape index (κ3) is 4.92. The number of nitrogens with one attached hydrogen (secondary N) is 1. The van der Waals surface area contributed by atoms with Crippen LogP contribution in [0.1, 0.15) is 26.5 Å². The molecule has 0 fully saturated rings. The Morgan fingerprint density at radius 2 is 2.07 bits per heavy atom. The summed E-state index contributed by atoms with van der Waals surface area (Å²) in [6.45, 7) is 6.99. The summed E-state index contributed by atoms with van der Waals surface area (Å²) in [5.41, 5.74) is 0.435. The van der Waals surface area contributed by atoms with Gasteiger partial charge in [-0.05, 0) is 24.3 Å². The molecule has 1 aromatic carbocycles. The van der Waals surface area contributed by atoms with Crippen LogP contribution in [-0.2, 0) is 16.8 Å². The summed E-state index contributed by atoms with van der Waals surface area (Å²) in [6, 6.07) is 7.28. The molecule has 0 aliphatic carbocycles. The van der Waals surface area contributed by atoms with Gasteiger partial charge in [-0.3, -0.25) is 14.2 Å². The molecule has 0 saturated heterocycles. The van der Waals surface area contributed by atoms with E-state index in [-0.39, 0.29) is 35.2 Å². The van der Waals surface area contributed by atoms with E-state index in [9.17, 15) is 14.0 Å². The van der Waals surface area contributed by atoms with Gasteiger partial charge in [0.2, 0.25) is 5.91 Å². The third-order valence-electron chi connectivity index (χ3n) is 4.41. The Bertz CT molecular complexity index is 906. The van der Waals surface area contributed by atoms with Crippen molar-refractivity contribution in [1.29, 1.82) is 0 Å².